The third-order valence-corrected chi connectivity index (χ3v) is 8.34. The summed E-state index contributed by atoms with van der Waals surface area (Å²) in [5.74, 6) is 4.76. The Morgan fingerprint density at radius 2 is 1.04 bits per heavy atom. The van der Waals surface area contributed by atoms with E-state index in [1.807, 2.05) is 27.9 Å². The van der Waals surface area contributed by atoms with Crippen LogP contribution in [0.2, 0.25) is 0 Å². The zero-order valence-corrected chi connectivity index (χ0v) is 31.7. The van der Waals surface area contributed by atoms with Gasteiger partial charge in [0, 0.05) is 37.4 Å². The Morgan fingerprint density at radius 3 is 1.35 bits per heavy atom. The van der Waals surface area contributed by atoms with E-state index in [1.54, 1.807) is 42.9 Å². The first-order chi connectivity index (χ1) is 25.7. The number of fused-ring (bicyclic) bond motifs is 2. The molecule has 0 aliphatic rings. The molecule has 0 aromatic carbocycles. The largest absolute Gasteiger partial charge is 0.468 e. The van der Waals surface area contributed by atoms with E-state index in [1.165, 1.54) is 12.7 Å². The smallest absolute Gasteiger partial charge is 0.238 e. The van der Waals surface area contributed by atoms with Crippen molar-refractivity contribution in [2.45, 2.75) is 79.4 Å². The molecule has 54 heavy (non-hydrogen) atoms. The second-order valence-corrected chi connectivity index (χ2v) is 14.6. The summed E-state index contributed by atoms with van der Waals surface area (Å²) < 4.78 is 29.1. The van der Waals surface area contributed by atoms with Crippen LogP contribution < -0.4 is 9.47 Å². The van der Waals surface area contributed by atoms with E-state index in [0.717, 1.165) is 22.2 Å². The fraction of sp³-hybridized carbons (Fsp3) is 0.412. The highest BCUT2D eigenvalue weighted by molar-refractivity contribution is 5.66. The van der Waals surface area contributed by atoms with Crippen LogP contribution in [-0.2, 0) is 38.1 Å². The minimum Gasteiger partial charge on any atom is -0.468 e. The van der Waals surface area contributed by atoms with Crippen LogP contribution in [0.5, 0.6) is 11.8 Å². The number of nitrogens with zero attached hydrogens (tertiary/aromatic N) is 16. The average molecular weight is 737 g/mol. The summed E-state index contributed by atoms with van der Waals surface area (Å²) in [5, 5.41) is 42.1. The van der Waals surface area contributed by atoms with E-state index in [9.17, 15) is 0 Å². The van der Waals surface area contributed by atoms with E-state index in [4.69, 9.17) is 18.5 Å². The average Bonchev–Trinajstić information content (AvgIpc) is 3.96. The van der Waals surface area contributed by atoms with Crippen molar-refractivity contribution in [3.8, 4) is 34.8 Å². The van der Waals surface area contributed by atoms with Gasteiger partial charge in [0.2, 0.25) is 23.4 Å². The molecule has 0 N–H and O–H groups in total. The second-order valence-electron chi connectivity index (χ2n) is 14.6. The lowest BCUT2D eigenvalue weighted by atomic mass is 9.88. The van der Waals surface area contributed by atoms with Crippen LogP contribution in [0.3, 0.4) is 0 Å². The van der Waals surface area contributed by atoms with Gasteiger partial charge < -0.3 is 18.5 Å². The molecule has 0 radical (unpaired) electrons. The van der Waals surface area contributed by atoms with Gasteiger partial charge in [0.25, 0.3) is 0 Å². The first-order valence-electron chi connectivity index (χ1n) is 17.0. The van der Waals surface area contributed by atoms with E-state index in [2.05, 4.69) is 103 Å². The molecule has 0 bridgehead atoms. The summed E-state index contributed by atoms with van der Waals surface area (Å²) in [6.45, 7) is 16.7. The first-order valence-corrected chi connectivity index (χ1v) is 17.0. The fourth-order valence-electron chi connectivity index (χ4n) is 5.79. The highest BCUT2D eigenvalue weighted by Crippen LogP contribution is 2.37. The van der Waals surface area contributed by atoms with E-state index in [0.29, 0.717) is 58.0 Å². The molecule has 0 fully saturated rings. The van der Waals surface area contributed by atoms with Gasteiger partial charge in [-0.25, -0.2) is 19.0 Å². The molecule has 0 aliphatic carbocycles. The monoisotopic (exact) mass is 736 g/mol. The molecule has 20 nitrogen and oxygen atoms in total. The number of aromatic nitrogens is 16. The number of hydrogen-bond acceptors (Lipinski definition) is 16. The van der Waals surface area contributed by atoms with Gasteiger partial charge in [-0.2, -0.15) is 20.4 Å². The van der Waals surface area contributed by atoms with E-state index in [-0.39, 0.29) is 24.0 Å². The van der Waals surface area contributed by atoms with Crippen LogP contribution in [0.25, 0.3) is 34.1 Å². The predicted octanol–water partition coefficient (Wildman–Crippen LogP) is 4.19. The Morgan fingerprint density at radius 1 is 0.630 bits per heavy atom. The summed E-state index contributed by atoms with van der Waals surface area (Å²) >= 11 is 0. The maximum absolute atomic E-state index is 6.02. The van der Waals surface area contributed by atoms with Gasteiger partial charge in [-0.1, -0.05) is 51.9 Å². The molecule has 0 spiro atoms. The molecule has 0 amide bonds. The lowest BCUT2D eigenvalue weighted by Crippen LogP contribution is -2.14. The number of ether oxygens (including phenoxy) is 2. The van der Waals surface area contributed by atoms with Crippen molar-refractivity contribution in [3.05, 3.63) is 71.5 Å². The van der Waals surface area contributed by atoms with Crippen molar-refractivity contribution in [1.29, 1.82) is 0 Å². The van der Waals surface area contributed by atoms with Crippen LogP contribution in [0.1, 0.15) is 75.8 Å². The third kappa shape index (κ3) is 6.96. The number of rotatable bonds is 8. The van der Waals surface area contributed by atoms with Gasteiger partial charge in [0.1, 0.15) is 37.4 Å². The summed E-state index contributed by atoms with van der Waals surface area (Å²) in [4.78, 5) is 8.38. The molecule has 0 atom stereocenters. The van der Waals surface area contributed by atoms with E-state index < -0.39 is 0 Å². The molecule has 0 unspecified atom stereocenters. The summed E-state index contributed by atoms with van der Waals surface area (Å²) in [6, 6.07) is 3.59. The van der Waals surface area contributed by atoms with Gasteiger partial charge in [0.05, 0.1) is 23.4 Å². The van der Waals surface area contributed by atoms with Crippen molar-refractivity contribution < 1.29 is 18.5 Å². The van der Waals surface area contributed by atoms with Crippen molar-refractivity contribution >= 4 is 11.0 Å². The van der Waals surface area contributed by atoms with Gasteiger partial charge >= 0.3 is 0 Å². The quantitative estimate of drug-likeness (QED) is 0.214. The highest BCUT2D eigenvalue weighted by atomic mass is 16.5. The van der Waals surface area contributed by atoms with Crippen LogP contribution in [0.4, 0.5) is 0 Å². The van der Waals surface area contributed by atoms with Gasteiger partial charge in [0.15, 0.2) is 23.0 Å². The van der Waals surface area contributed by atoms with Crippen LogP contribution >= 0.6 is 0 Å². The maximum atomic E-state index is 6.02. The Bertz CT molecular complexity index is 2380. The van der Waals surface area contributed by atoms with Crippen LogP contribution in [0, 0.1) is 13.8 Å². The zero-order chi connectivity index (χ0) is 38.4. The van der Waals surface area contributed by atoms with Crippen molar-refractivity contribution in [3.63, 3.8) is 0 Å². The predicted molar refractivity (Wildman–Crippen MR) is 190 cm³/mol. The van der Waals surface area contributed by atoms with Gasteiger partial charge in [-0.05, 0) is 24.7 Å². The second kappa shape index (κ2) is 13.7. The summed E-state index contributed by atoms with van der Waals surface area (Å²) in [5.41, 5.74) is 4.15. The summed E-state index contributed by atoms with van der Waals surface area (Å²) in [6.07, 6.45) is 6.34. The minimum atomic E-state index is -0.225. The molecule has 280 valence electrons. The van der Waals surface area contributed by atoms with E-state index >= 15 is 0 Å². The SMILES string of the molecule is Cc1cc(-c2nncc3c(C(C)(C)C)c(OCc4ncnn4C)nn23)no1.Cc1cc(-c2nncc3c(C(C)(C)C)c(OCc4ncnn4C)nn23)no1. The van der Waals surface area contributed by atoms with Crippen molar-refractivity contribution in [2.24, 2.45) is 14.1 Å². The maximum Gasteiger partial charge on any atom is 0.238 e. The molecule has 8 rings (SSSR count). The Labute approximate surface area is 308 Å². The van der Waals surface area contributed by atoms with Crippen molar-refractivity contribution in [1.82, 2.24) is 79.5 Å². The molecule has 8 aromatic heterocycles. The number of hydrogen-bond donors (Lipinski definition) is 0. The van der Waals surface area contributed by atoms with Gasteiger partial charge in [-0.15, -0.1) is 20.4 Å². The molecule has 8 aromatic rings. The third-order valence-electron chi connectivity index (χ3n) is 8.34. The normalized spacial score (nSPS) is 12.0. The van der Waals surface area contributed by atoms with Gasteiger partial charge in [-0.3, -0.25) is 9.36 Å². The Balaban J connectivity index is 0.000000167. The lowest BCUT2D eigenvalue weighted by molar-refractivity contribution is 0.270. The molecule has 0 saturated heterocycles. The van der Waals surface area contributed by atoms with Crippen LogP contribution in [-0.4, -0.2) is 79.5 Å². The highest BCUT2D eigenvalue weighted by Gasteiger charge is 2.30. The molecular weight excluding hydrogens is 696 g/mol. The molecule has 0 saturated carbocycles. The number of aryl methyl sites for hydroxylation is 4. The lowest BCUT2D eigenvalue weighted by Gasteiger charge is -2.18. The summed E-state index contributed by atoms with van der Waals surface area (Å²) in [7, 11) is 3.64. The molecule has 0 aliphatic heterocycles. The fourth-order valence-corrected chi connectivity index (χ4v) is 5.79. The zero-order valence-electron chi connectivity index (χ0n) is 31.7. The molecule has 8 heterocycles. The Hall–Kier alpha value is -6.60. The Kier molecular flexibility index (Phi) is 9.11. The first kappa shape index (κ1) is 35.8. The van der Waals surface area contributed by atoms with Crippen LogP contribution in [0.15, 0.2) is 46.2 Å². The minimum absolute atomic E-state index is 0.225. The standard InChI is InChI=1S/2C17H20N8O2/c2*1-10-6-11(23-27-10)15-21-19-7-12-14(17(2,3)4)16(22-25(12)15)26-8-13-18-9-20-24(13)5/h2*6-7,9H,8H2,1-5H3. The molecule has 20 heteroatoms. The topological polar surface area (TPSA) is 218 Å². The molecular formula is C34H40N16O4. The van der Waals surface area contributed by atoms with Crippen molar-refractivity contribution in [2.75, 3.05) is 0 Å².